The van der Waals surface area contributed by atoms with Gasteiger partial charge >= 0.3 is 0 Å². The van der Waals surface area contributed by atoms with E-state index in [1.807, 2.05) is 36.4 Å². The minimum absolute atomic E-state index is 0. The van der Waals surface area contributed by atoms with Crippen LogP contribution in [0.15, 0.2) is 59.4 Å². The predicted molar refractivity (Wildman–Crippen MR) is 82.9 cm³/mol. The minimum atomic E-state index is -0.414. The van der Waals surface area contributed by atoms with Crippen LogP contribution < -0.4 is 11.3 Å². The number of hydrogen-bond acceptors (Lipinski definition) is 3. The van der Waals surface area contributed by atoms with Crippen LogP contribution in [0, 0.1) is 0 Å². The van der Waals surface area contributed by atoms with Crippen LogP contribution in [0.1, 0.15) is 0 Å². The molecule has 0 radical (unpaired) electrons. The molecular formula is C15H13ClN2O2. The summed E-state index contributed by atoms with van der Waals surface area (Å²) in [5.41, 5.74) is 6.50. The molecule has 0 unspecified atom stereocenters. The molecule has 0 saturated carbocycles. The van der Waals surface area contributed by atoms with Gasteiger partial charge in [-0.05, 0) is 24.3 Å². The molecule has 0 fully saturated rings. The normalized spacial score (nSPS) is 10.2. The first-order valence-corrected chi connectivity index (χ1v) is 5.88. The van der Waals surface area contributed by atoms with Crippen molar-refractivity contribution in [1.82, 2.24) is 4.57 Å². The number of rotatable bonds is 1. The lowest BCUT2D eigenvalue weighted by Gasteiger charge is -2.13. The predicted octanol–water partition coefficient (Wildman–Crippen LogP) is 2.70. The summed E-state index contributed by atoms with van der Waals surface area (Å²) in [7, 11) is 0. The Morgan fingerprint density at radius 2 is 1.55 bits per heavy atom. The van der Waals surface area contributed by atoms with Gasteiger partial charge in [0.15, 0.2) is 5.75 Å². The molecule has 0 aliphatic rings. The zero-order valence-corrected chi connectivity index (χ0v) is 11.3. The first-order chi connectivity index (χ1) is 9.20. The molecule has 0 atom stereocenters. The fourth-order valence-electron chi connectivity index (χ4n) is 2.18. The van der Waals surface area contributed by atoms with Gasteiger partial charge in [-0.15, -0.1) is 12.4 Å². The van der Waals surface area contributed by atoms with Gasteiger partial charge in [0.05, 0.1) is 5.52 Å². The van der Waals surface area contributed by atoms with E-state index in [-0.39, 0.29) is 23.8 Å². The maximum atomic E-state index is 12.3. The molecule has 0 amide bonds. The lowest BCUT2D eigenvalue weighted by atomic mass is 10.1. The molecule has 0 spiro atoms. The third-order valence-corrected chi connectivity index (χ3v) is 3.10. The summed E-state index contributed by atoms with van der Waals surface area (Å²) in [5, 5.41) is 10.5. The van der Waals surface area contributed by atoms with Gasteiger partial charge in [0.25, 0.3) is 5.56 Å². The van der Waals surface area contributed by atoms with Crippen LogP contribution >= 0.6 is 12.4 Å². The zero-order chi connectivity index (χ0) is 13.4. The maximum absolute atomic E-state index is 12.3. The Morgan fingerprint density at radius 1 is 0.950 bits per heavy atom. The molecule has 5 heteroatoms. The number of para-hydroxylation sites is 2. The third kappa shape index (κ3) is 2.00. The fourth-order valence-corrected chi connectivity index (χ4v) is 2.18. The van der Waals surface area contributed by atoms with Crippen molar-refractivity contribution in [3.8, 4) is 11.4 Å². The molecule has 3 N–H and O–H groups in total. The van der Waals surface area contributed by atoms with E-state index < -0.39 is 5.56 Å². The van der Waals surface area contributed by atoms with E-state index in [0.717, 1.165) is 5.69 Å². The number of aromatic nitrogens is 1. The van der Waals surface area contributed by atoms with E-state index in [0.29, 0.717) is 10.9 Å². The van der Waals surface area contributed by atoms with Gasteiger partial charge in [-0.1, -0.05) is 30.3 Å². The highest BCUT2D eigenvalue weighted by molar-refractivity contribution is 5.90. The third-order valence-electron chi connectivity index (χ3n) is 3.10. The second kappa shape index (κ2) is 5.27. The number of nitrogen functional groups attached to an aromatic ring is 1. The summed E-state index contributed by atoms with van der Waals surface area (Å²) in [5.74, 6) is -0.159. The molecule has 102 valence electrons. The van der Waals surface area contributed by atoms with Crippen LogP contribution in [0.25, 0.3) is 16.6 Å². The summed E-state index contributed by atoms with van der Waals surface area (Å²) in [6.07, 6.45) is 0. The van der Waals surface area contributed by atoms with Crippen LogP contribution in [0.4, 0.5) is 5.69 Å². The van der Waals surface area contributed by atoms with Gasteiger partial charge in [-0.3, -0.25) is 9.36 Å². The van der Waals surface area contributed by atoms with Gasteiger partial charge in [0.2, 0.25) is 0 Å². The number of nitrogens with zero attached hydrogens (tertiary/aromatic N) is 1. The Morgan fingerprint density at radius 3 is 2.25 bits per heavy atom. The van der Waals surface area contributed by atoms with Crippen LogP contribution in [0.5, 0.6) is 5.75 Å². The molecule has 3 aromatic rings. The second-order valence-electron chi connectivity index (χ2n) is 4.26. The molecule has 2 aromatic carbocycles. The summed E-state index contributed by atoms with van der Waals surface area (Å²) < 4.78 is 1.50. The topological polar surface area (TPSA) is 68.2 Å². The number of fused-ring (bicyclic) bond motifs is 1. The SMILES string of the molecule is Cl.Nc1c(O)c2ccccc2n(-c2ccccc2)c1=O. The molecule has 3 rings (SSSR count). The first kappa shape index (κ1) is 14.0. The average molecular weight is 289 g/mol. The zero-order valence-electron chi connectivity index (χ0n) is 10.5. The lowest BCUT2D eigenvalue weighted by Crippen LogP contribution is -2.21. The van der Waals surface area contributed by atoms with Gasteiger partial charge in [-0.25, -0.2) is 0 Å². The van der Waals surface area contributed by atoms with E-state index >= 15 is 0 Å². The second-order valence-corrected chi connectivity index (χ2v) is 4.26. The van der Waals surface area contributed by atoms with Crippen LogP contribution in [-0.2, 0) is 0 Å². The monoisotopic (exact) mass is 288 g/mol. The Kier molecular flexibility index (Phi) is 3.68. The van der Waals surface area contributed by atoms with Gasteiger partial charge in [0.1, 0.15) is 5.69 Å². The fraction of sp³-hybridized carbons (Fsp3) is 0. The van der Waals surface area contributed by atoms with Crippen molar-refractivity contribution in [3.63, 3.8) is 0 Å². The molecule has 4 nitrogen and oxygen atoms in total. The summed E-state index contributed by atoms with van der Waals surface area (Å²) >= 11 is 0. The molecule has 0 aliphatic heterocycles. The standard InChI is InChI=1S/C15H12N2O2.ClH/c16-13-14(18)11-8-4-5-9-12(11)17(15(13)19)10-6-2-1-3-7-10;/h1-9,18H,16H2;1H. The van der Waals surface area contributed by atoms with Crippen LogP contribution in [-0.4, -0.2) is 9.67 Å². The molecule has 1 heterocycles. The summed E-state index contributed by atoms with van der Waals surface area (Å²) in [6, 6.07) is 16.3. The molecule has 0 saturated heterocycles. The molecule has 20 heavy (non-hydrogen) atoms. The minimum Gasteiger partial charge on any atom is -0.505 e. The smallest absolute Gasteiger partial charge is 0.282 e. The number of anilines is 1. The highest BCUT2D eigenvalue weighted by atomic mass is 35.5. The Labute approximate surface area is 121 Å². The Hall–Kier alpha value is -2.46. The van der Waals surface area contributed by atoms with Gasteiger partial charge in [0, 0.05) is 11.1 Å². The number of benzene rings is 2. The largest absolute Gasteiger partial charge is 0.505 e. The van der Waals surface area contributed by atoms with Crippen LogP contribution in [0.2, 0.25) is 0 Å². The lowest BCUT2D eigenvalue weighted by molar-refractivity contribution is 0.483. The Balaban J connectivity index is 0.00000147. The van der Waals surface area contributed by atoms with Crippen molar-refractivity contribution in [2.75, 3.05) is 5.73 Å². The highest BCUT2D eigenvalue weighted by Gasteiger charge is 2.14. The van der Waals surface area contributed by atoms with Crippen molar-refractivity contribution in [2.24, 2.45) is 0 Å². The van der Waals surface area contributed by atoms with Crippen molar-refractivity contribution < 1.29 is 5.11 Å². The highest BCUT2D eigenvalue weighted by Crippen LogP contribution is 2.28. The van der Waals surface area contributed by atoms with E-state index in [1.54, 1.807) is 18.2 Å². The van der Waals surface area contributed by atoms with Crippen molar-refractivity contribution in [2.45, 2.75) is 0 Å². The van der Waals surface area contributed by atoms with Crippen molar-refractivity contribution >= 4 is 29.0 Å². The molecule has 0 aliphatic carbocycles. The number of nitrogens with two attached hydrogens (primary N) is 1. The molecular weight excluding hydrogens is 276 g/mol. The van der Waals surface area contributed by atoms with Crippen molar-refractivity contribution in [3.05, 3.63) is 65.0 Å². The number of aromatic hydroxyl groups is 1. The molecule has 1 aromatic heterocycles. The number of pyridine rings is 1. The Bertz CT molecular complexity index is 813. The molecule has 0 bridgehead atoms. The van der Waals surface area contributed by atoms with E-state index in [2.05, 4.69) is 0 Å². The van der Waals surface area contributed by atoms with E-state index in [4.69, 9.17) is 5.73 Å². The van der Waals surface area contributed by atoms with E-state index in [9.17, 15) is 9.90 Å². The quantitative estimate of drug-likeness (QED) is 0.723. The number of hydrogen-bond donors (Lipinski definition) is 2. The van der Waals surface area contributed by atoms with Gasteiger partial charge in [-0.2, -0.15) is 0 Å². The van der Waals surface area contributed by atoms with Crippen molar-refractivity contribution in [1.29, 1.82) is 0 Å². The summed E-state index contributed by atoms with van der Waals surface area (Å²) in [6.45, 7) is 0. The number of halogens is 1. The maximum Gasteiger partial charge on any atom is 0.282 e. The first-order valence-electron chi connectivity index (χ1n) is 5.88. The van der Waals surface area contributed by atoms with E-state index in [1.165, 1.54) is 4.57 Å². The average Bonchev–Trinajstić information content (AvgIpc) is 2.46. The van der Waals surface area contributed by atoms with Crippen LogP contribution in [0.3, 0.4) is 0 Å². The summed E-state index contributed by atoms with van der Waals surface area (Å²) in [4.78, 5) is 12.3. The van der Waals surface area contributed by atoms with Gasteiger partial charge < -0.3 is 10.8 Å².